The number of likely N-dealkylation sites (N-methyl/N-ethyl adjacent to an activating group) is 1. The average Bonchev–Trinajstić information content (AvgIpc) is 3.06. The Kier molecular flexibility index (Phi) is 10.7. The molecule has 1 fully saturated rings. The molecule has 1 aliphatic heterocycles. The maximum atomic E-state index is 14.2. The fraction of sp³-hybridized carbons (Fsp3) is 0.351. The lowest BCUT2D eigenvalue weighted by molar-refractivity contribution is 0.0782. The normalized spacial score (nSPS) is 15.0. The molecule has 0 spiro atoms. The number of sulfone groups is 1. The highest BCUT2D eigenvalue weighted by Gasteiger charge is 2.28. The number of fused-ring (bicyclic) bond motifs is 1. The second kappa shape index (κ2) is 14.6. The molecule has 1 heterocycles. The topological polar surface area (TPSA) is 81.5 Å². The van der Waals surface area contributed by atoms with Gasteiger partial charge in [-0.2, -0.15) is 5.26 Å². The number of rotatable bonds is 10. The van der Waals surface area contributed by atoms with E-state index in [9.17, 15) is 18.5 Å². The van der Waals surface area contributed by atoms with Gasteiger partial charge in [0.05, 0.1) is 32.1 Å². The minimum atomic E-state index is -3.30. The summed E-state index contributed by atoms with van der Waals surface area (Å²) in [6.07, 6.45) is 4.40. The standard InChI is InChI=1S/C37H39Cl2N3O3S/c1-4-30-29(23-40)21-27-9-5-6-11-32(27)36(30)37(43)41(2)24-28(26-13-14-33(38)34(39)22-26)17-20-42-18-15-25(16-19-42)31-10-7-8-12-35(31)46(3,44)45/h5-14,21-22,25,28H,4,15-20,24H2,1-3H3/t28-/m1/s1. The second-order valence-electron chi connectivity index (χ2n) is 12.2. The van der Waals surface area contributed by atoms with Crippen LogP contribution < -0.4 is 0 Å². The number of nitriles is 1. The van der Waals surface area contributed by atoms with Gasteiger partial charge in [-0.05, 0) is 103 Å². The van der Waals surface area contributed by atoms with E-state index >= 15 is 0 Å². The predicted octanol–water partition coefficient (Wildman–Crippen LogP) is 8.11. The summed E-state index contributed by atoms with van der Waals surface area (Å²) in [5.41, 5.74) is 3.81. The maximum Gasteiger partial charge on any atom is 0.254 e. The van der Waals surface area contributed by atoms with Crippen LogP contribution in [0.4, 0.5) is 0 Å². The van der Waals surface area contributed by atoms with Crippen LogP contribution in [0.5, 0.6) is 0 Å². The van der Waals surface area contributed by atoms with Gasteiger partial charge in [0.2, 0.25) is 0 Å². The van der Waals surface area contributed by atoms with E-state index < -0.39 is 9.84 Å². The summed E-state index contributed by atoms with van der Waals surface area (Å²) in [6.45, 7) is 4.98. The van der Waals surface area contributed by atoms with Gasteiger partial charge in [-0.1, -0.05) is 78.7 Å². The number of halogens is 2. The third-order valence-electron chi connectivity index (χ3n) is 9.24. The van der Waals surface area contributed by atoms with E-state index in [0.29, 0.717) is 39.0 Å². The molecule has 1 atom stereocenters. The summed E-state index contributed by atoms with van der Waals surface area (Å²) in [7, 11) is -1.47. The molecule has 0 unspecified atom stereocenters. The van der Waals surface area contributed by atoms with Crippen molar-refractivity contribution in [1.82, 2.24) is 9.80 Å². The number of piperidine rings is 1. The molecule has 0 aromatic heterocycles. The summed E-state index contributed by atoms with van der Waals surface area (Å²) in [5, 5.41) is 12.6. The number of nitrogens with zero attached hydrogens (tertiary/aromatic N) is 3. The van der Waals surface area contributed by atoms with Crippen LogP contribution in [0.15, 0.2) is 77.7 Å². The molecule has 1 amide bonds. The highest BCUT2D eigenvalue weighted by atomic mass is 35.5. The molecule has 1 aliphatic rings. The van der Waals surface area contributed by atoms with Crippen molar-refractivity contribution in [3.05, 3.63) is 111 Å². The van der Waals surface area contributed by atoms with Crippen LogP contribution in [0.2, 0.25) is 10.0 Å². The second-order valence-corrected chi connectivity index (χ2v) is 15.0. The first-order valence-corrected chi connectivity index (χ1v) is 18.3. The lowest BCUT2D eigenvalue weighted by Gasteiger charge is -2.34. The van der Waals surface area contributed by atoms with Crippen molar-refractivity contribution in [3.8, 4) is 6.07 Å². The largest absolute Gasteiger partial charge is 0.341 e. The Hall–Kier alpha value is -3.41. The monoisotopic (exact) mass is 675 g/mol. The Morgan fingerprint density at radius 1 is 1.02 bits per heavy atom. The molecule has 46 heavy (non-hydrogen) atoms. The van der Waals surface area contributed by atoms with Crippen LogP contribution in [0.1, 0.15) is 70.6 Å². The van der Waals surface area contributed by atoms with Crippen LogP contribution in [-0.4, -0.2) is 63.6 Å². The van der Waals surface area contributed by atoms with Crippen molar-refractivity contribution in [2.45, 2.75) is 49.3 Å². The van der Waals surface area contributed by atoms with E-state index in [1.165, 1.54) is 6.26 Å². The van der Waals surface area contributed by atoms with Gasteiger partial charge in [-0.3, -0.25) is 4.79 Å². The van der Waals surface area contributed by atoms with Gasteiger partial charge in [0.25, 0.3) is 5.91 Å². The molecule has 240 valence electrons. The molecule has 9 heteroatoms. The zero-order valence-corrected chi connectivity index (χ0v) is 28.8. The summed E-state index contributed by atoms with van der Waals surface area (Å²) < 4.78 is 24.8. The van der Waals surface area contributed by atoms with Crippen LogP contribution in [0.25, 0.3) is 10.8 Å². The Morgan fingerprint density at radius 2 is 1.72 bits per heavy atom. The molecule has 4 aromatic rings. The van der Waals surface area contributed by atoms with E-state index in [4.69, 9.17) is 23.2 Å². The number of likely N-dealkylation sites (tertiary alicyclic amines) is 1. The van der Waals surface area contributed by atoms with Crippen molar-refractivity contribution in [1.29, 1.82) is 5.26 Å². The Morgan fingerprint density at radius 3 is 2.39 bits per heavy atom. The quantitative estimate of drug-likeness (QED) is 0.170. The fourth-order valence-electron chi connectivity index (χ4n) is 6.80. The van der Waals surface area contributed by atoms with Crippen molar-refractivity contribution < 1.29 is 13.2 Å². The lowest BCUT2D eigenvalue weighted by atomic mass is 9.88. The summed E-state index contributed by atoms with van der Waals surface area (Å²) >= 11 is 12.7. The molecule has 0 N–H and O–H groups in total. The third kappa shape index (κ3) is 7.42. The SMILES string of the molecule is CCc1c(C#N)cc2ccccc2c1C(=O)N(C)C[C@@H](CCN1CCC(c2ccccc2S(C)(=O)=O)CC1)c1ccc(Cl)c(Cl)c1. The Balaban J connectivity index is 1.35. The Bertz CT molecular complexity index is 1900. The number of hydrogen-bond acceptors (Lipinski definition) is 5. The maximum absolute atomic E-state index is 14.2. The van der Waals surface area contributed by atoms with Crippen LogP contribution in [-0.2, 0) is 16.3 Å². The van der Waals surface area contributed by atoms with E-state index in [1.54, 1.807) is 23.1 Å². The molecule has 0 bridgehead atoms. The van der Waals surface area contributed by atoms with Crippen LogP contribution in [0, 0.1) is 11.3 Å². The molecule has 4 aromatic carbocycles. The molecular weight excluding hydrogens is 637 g/mol. The molecule has 1 saturated heterocycles. The first kappa shape index (κ1) is 33.9. The number of amides is 1. The van der Waals surface area contributed by atoms with Gasteiger partial charge in [0.15, 0.2) is 9.84 Å². The summed E-state index contributed by atoms with van der Waals surface area (Å²) in [5.74, 6) is 0.0759. The van der Waals surface area contributed by atoms with Crippen LogP contribution in [0.3, 0.4) is 0 Å². The molecule has 0 aliphatic carbocycles. The molecule has 6 nitrogen and oxygen atoms in total. The summed E-state index contributed by atoms with van der Waals surface area (Å²) in [4.78, 5) is 18.8. The molecule has 0 radical (unpaired) electrons. The predicted molar refractivity (Wildman–Crippen MR) is 187 cm³/mol. The molecule has 0 saturated carbocycles. The van der Waals surface area contributed by atoms with Gasteiger partial charge in [-0.25, -0.2) is 8.42 Å². The third-order valence-corrected chi connectivity index (χ3v) is 11.2. The van der Waals surface area contributed by atoms with Gasteiger partial charge < -0.3 is 9.80 Å². The average molecular weight is 677 g/mol. The smallest absolute Gasteiger partial charge is 0.254 e. The van der Waals surface area contributed by atoms with Crippen molar-refractivity contribution in [2.75, 3.05) is 39.5 Å². The van der Waals surface area contributed by atoms with Gasteiger partial charge in [0.1, 0.15) is 0 Å². The number of hydrogen-bond donors (Lipinski definition) is 0. The van der Waals surface area contributed by atoms with E-state index in [1.807, 2.05) is 68.6 Å². The minimum Gasteiger partial charge on any atom is -0.341 e. The number of benzene rings is 4. The van der Waals surface area contributed by atoms with Crippen molar-refractivity contribution >= 4 is 49.7 Å². The van der Waals surface area contributed by atoms with Crippen molar-refractivity contribution in [3.63, 3.8) is 0 Å². The minimum absolute atomic E-state index is 0.0112. The molecular formula is C37H39Cl2N3O3S. The van der Waals surface area contributed by atoms with E-state index in [-0.39, 0.29) is 17.7 Å². The highest BCUT2D eigenvalue weighted by molar-refractivity contribution is 7.90. The Labute approximate surface area is 282 Å². The van der Waals surface area contributed by atoms with Gasteiger partial charge in [-0.15, -0.1) is 0 Å². The zero-order chi connectivity index (χ0) is 33.0. The highest BCUT2D eigenvalue weighted by Crippen LogP contribution is 2.34. The first-order chi connectivity index (χ1) is 22.0. The number of carbonyl (C=O) groups is 1. The van der Waals surface area contributed by atoms with Crippen molar-refractivity contribution in [2.24, 2.45) is 0 Å². The van der Waals surface area contributed by atoms with Gasteiger partial charge in [0, 0.05) is 25.8 Å². The molecule has 5 rings (SSSR count). The lowest BCUT2D eigenvalue weighted by Crippen LogP contribution is -2.36. The first-order valence-electron chi connectivity index (χ1n) is 15.7. The fourth-order valence-corrected chi connectivity index (χ4v) is 8.09. The van der Waals surface area contributed by atoms with E-state index in [0.717, 1.165) is 66.4 Å². The number of carbonyl (C=O) groups excluding carboxylic acids is 1. The van der Waals surface area contributed by atoms with Crippen LogP contribution >= 0.6 is 23.2 Å². The van der Waals surface area contributed by atoms with E-state index in [2.05, 4.69) is 11.0 Å². The zero-order valence-electron chi connectivity index (χ0n) is 26.5. The summed E-state index contributed by atoms with van der Waals surface area (Å²) in [6, 6.07) is 24.9. The van der Waals surface area contributed by atoms with Gasteiger partial charge >= 0.3 is 0 Å².